The molecule has 1 aliphatic rings. The molecule has 0 heterocycles. The molecule has 0 amide bonds. The second-order valence-corrected chi connectivity index (χ2v) is 5.38. The van der Waals surface area contributed by atoms with Crippen molar-refractivity contribution in [2.45, 2.75) is 31.8 Å². The molecule has 0 aliphatic heterocycles. The third-order valence-corrected chi connectivity index (χ3v) is 3.34. The summed E-state index contributed by atoms with van der Waals surface area (Å²) < 4.78 is 0. The van der Waals surface area contributed by atoms with Crippen molar-refractivity contribution in [2.24, 2.45) is 0 Å². The van der Waals surface area contributed by atoms with Crippen LogP contribution in [0, 0.1) is 0 Å². The zero-order valence-electron chi connectivity index (χ0n) is 10.5. The Hall–Kier alpha value is -0.570. The average Bonchev–Trinajstić information content (AvgIpc) is 3.12. The van der Waals surface area contributed by atoms with E-state index in [1.54, 1.807) is 0 Å². The fourth-order valence-corrected chi connectivity index (χ4v) is 2.05. The standard InChI is InChI=1S/C14H21ClN2/c1-17(10-2-9-16-14-7-8-14)11-12-3-5-13(15)6-4-12/h3-6,14,16H,2,7-11H2,1H3. The number of rotatable bonds is 7. The van der Waals surface area contributed by atoms with Crippen LogP contribution in [0.15, 0.2) is 24.3 Å². The van der Waals surface area contributed by atoms with Gasteiger partial charge < -0.3 is 10.2 Å². The normalized spacial score (nSPS) is 15.5. The lowest BCUT2D eigenvalue weighted by Crippen LogP contribution is -2.24. The van der Waals surface area contributed by atoms with Crippen molar-refractivity contribution in [1.29, 1.82) is 0 Å². The predicted octanol–water partition coefficient (Wildman–Crippen LogP) is 2.91. The molecule has 3 heteroatoms. The van der Waals surface area contributed by atoms with E-state index in [-0.39, 0.29) is 0 Å². The van der Waals surface area contributed by atoms with Crippen LogP contribution in [0.2, 0.25) is 5.02 Å². The molecule has 0 atom stereocenters. The lowest BCUT2D eigenvalue weighted by Gasteiger charge is -2.16. The highest BCUT2D eigenvalue weighted by Crippen LogP contribution is 2.18. The van der Waals surface area contributed by atoms with E-state index in [0.29, 0.717) is 0 Å². The molecule has 1 aromatic carbocycles. The highest BCUT2D eigenvalue weighted by atomic mass is 35.5. The van der Waals surface area contributed by atoms with Gasteiger partial charge in [0.1, 0.15) is 0 Å². The van der Waals surface area contributed by atoms with E-state index in [1.807, 2.05) is 12.1 Å². The van der Waals surface area contributed by atoms with Crippen molar-refractivity contribution < 1.29 is 0 Å². The number of nitrogens with one attached hydrogen (secondary N) is 1. The zero-order chi connectivity index (χ0) is 12.1. The van der Waals surface area contributed by atoms with Crippen molar-refractivity contribution in [2.75, 3.05) is 20.1 Å². The maximum absolute atomic E-state index is 5.86. The molecule has 0 saturated heterocycles. The van der Waals surface area contributed by atoms with Crippen molar-refractivity contribution in [3.05, 3.63) is 34.9 Å². The largest absolute Gasteiger partial charge is 0.314 e. The molecule has 1 N–H and O–H groups in total. The minimum absolute atomic E-state index is 0.810. The first-order valence-electron chi connectivity index (χ1n) is 6.40. The molecule has 1 aromatic rings. The lowest BCUT2D eigenvalue weighted by atomic mass is 10.2. The second-order valence-electron chi connectivity index (χ2n) is 4.95. The summed E-state index contributed by atoms with van der Waals surface area (Å²) in [5.74, 6) is 0. The highest BCUT2D eigenvalue weighted by molar-refractivity contribution is 6.30. The summed E-state index contributed by atoms with van der Waals surface area (Å²) >= 11 is 5.86. The van der Waals surface area contributed by atoms with Gasteiger partial charge in [-0.1, -0.05) is 23.7 Å². The van der Waals surface area contributed by atoms with Gasteiger partial charge in [-0.3, -0.25) is 0 Å². The summed E-state index contributed by atoms with van der Waals surface area (Å²) in [6.07, 6.45) is 3.97. The van der Waals surface area contributed by atoms with Crippen LogP contribution < -0.4 is 5.32 Å². The van der Waals surface area contributed by atoms with Gasteiger partial charge in [0.2, 0.25) is 0 Å². The smallest absolute Gasteiger partial charge is 0.0406 e. The van der Waals surface area contributed by atoms with Crippen LogP contribution >= 0.6 is 11.6 Å². The summed E-state index contributed by atoms with van der Waals surface area (Å²) in [6.45, 7) is 3.29. The molecule has 17 heavy (non-hydrogen) atoms. The summed E-state index contributed by atoms with van der Waals surface area (Å²) in [6, 6.07) is 8.94. The third-order valence-electron chi connectivity index (χ3n) is 3.09. The molecular formula is C14H21ClN2. The van der Waals surface area contributed by atoms with E-state index >= 15 is 0 Å². The molecule has 0 unspecified atom stereocenters. The number of halogens is 1. The number of hydrogen-bond acceptors (Lipinski definition) is 2. The number of hydrogen-bond donors (Lipinski definition) is 1. The van der Waals surface area contributed by atoms with Gasteiger partial charge in [-0.2, -0.15) is 0 Å². The van der Waals surface area contributed by atoms with Crippen LogP contribution in [0.3, 0.4) is 0 Å². The van der Waals surface area contributed by atoms with Crippen LogP contribution in [-0.2, 0) is 6.54 Å². The van der Waals surface area contributed by atoms with Gasteiger partial charge in [0.15, 0.2) is 0 Å². The quantitative estimate of drug-likeness (QED) is 0.751. The van der Waals surface area contributed by atoms with E-state index in [0.717, 1.165) is 30.7 Å². The topological polar surface area (TPSA) is 15.3 Å². The van der Waals surface area contributed by atoms with Crippen LogP contribution in [-0.4, -0.2) is 31.1 Å². The van der Waals surface area contributed by atoms with Crippen molar-refractivity contribution in [3.63, 3.8) is 0 Å². The van der Waals surface area contributed by atoms with Crippen LogP contribution in [0.4, 0.5) is 0 Å². The maximum Gasteiger partial charge on any atom is 0.0406 e. The molecule has 1 fully saturated rings. The van der Waals surface area contributed by atoms with Gasteiger partial charge in [-0.15, -0.1) is 0 Å². The maximum atomic E-state index is 5.86. The Kier molecular flexibility index (Phi) is 4.84. The monoisotopic (exact) mass is 252 g/mol. The van der Waals surface area contributed by atoms with E-state index in [2.05, 4.69) is 29.4 Å². The van der Waals surface area contributed by atoms with E-state index in [9.17, 15) is 0 Å². The van der Waals surface area contributed by atoms with Gasteiger partial charge in [0.25, 0.3) is 0 Å². The molecule has 2 rings (SSSR count). The Bertz CT molecular complexity index is 333. The first-order chi connectivity index (χ1) is 8.24. The van der Waals surface area contributed by atoms with Gasteiger partial charge in [0.05, 0.1) is 0 Å². The van der Waals surface area contributed by atoms with Gasteiger partial charge in [-0.25, -0.2) is 0 Å². The first-order valence-corrected chi connectivity index (χ1v) is 6.78. The van der Waals surface area contributed by atoms with Gasteiger partial charge in [0, 0.05) is 17.6 Å². The minimum Gasteiger partial charge on any atom is -0.314 e. The lowest BCUT2D eigenvalue weighted by molar-refractivity contribution is 0.319. The van der Waals surface area contributed by atoms with E-state index in [1.165, 1.54) is 24.8 Å². The summed E-state index contributed by atoms with van der Waals surface area (Å²) in [5, 5.41) is 4.35. The molecule has 94 valence electrons. The molecular weight excluding hydrogens is 232 g/mol. The molecule has 0 spiro atoms. The zero-order valence-corrected chi connectivity index (χ0v) is 11.2. The summed E-state index contributed by atoms with van der Waals surface area (Å²) in [7, 11) is 2.17. The van der Waals surface area contributed by atoms with Crippen molar-refractivity contribution >= 4 is 11.6 Å². The Morgan fingerprint density at radius 3 is 2.65 bits per heavy atom. The van der Waals surface area contributed by atoms with Gasteiger partial charge in [-0.05, 0) is 57.1 Å². The van der Waals surface area contributed by atoms with E-state index in [4.69, 9.17) is 11.6 Å². The first kappa shape index (κ1) is 12.9. The molecule has 1 saturated carbocycles. The van der Waals surface area contributed by atoms with Gasteiger partial charge >= 0.3 is 0 Å². The van der Waals surface area contributed by atoms with Crippen molar-refractivity contribution in [3.8, 4) is 0 Å². The Morgan fingerprint density at radius 1 is 1.29 bits per heavy atom. The Balaban J connectivity index is 1.61. The predicted molar refractivity (Wildman–Crippen MR) is 73.4 cm³/mol. The molecule has 1 aliphatic carbocycles. The summed E-state index contributed by atoms with van der Waals surface area (Å²) in [5.41, 5.74) is 1.33. The number of benzene rings is 1. The average molecular weight is 253 g/mol. The molecule has 2 nitrogen and oxygen atoms in total. The Morgan fingerprint density at radius 2 is 2.00 bits per heavy atom. The van der Waals surface area contributed by atoms with Crippen LogP contribution in [0.5, 0.6) is 0 Å². The fraction of sp³-hybridized carbons (Fsp3) is 0.571. The minimum atomic E-state index is 0.810. The van der Waals surface area contributed by atoms with Crippen molar-refractivity contribution in [1.82, 2.24) is 10.2 Å². The van der Waals surface area contributed by atoms with Crippen LogP contribution in [0.25, 0.3) is 0 Å². The third kappa shape index (κ3) is 5.07. The molecule has 0 radical (unpaired) electrons. The molecule has 0 bridgehead atoms. The highest BCUT2D eigenvalue weighted by Gasteiger charge is 2.19. The fourth-order valence-electron chi connectivity index (χ4n) is 1.92. The van der Waals surface area contributed by atoms with E-state index < -0.39 is 0 Å². The SMILES string of the molecule is CN(CCCNC1CC1)Cc1ccc(Cl)cc1. The van der Waals surface area contributed by atoms with Crippen LogP contribution in [0.1, 0.15) is 24.8 Å². The Labute approximate surface area is 109 Å². The second kappa shape index (κ2) is 6.39. The number of nitrogens with zero attached hydrogens (tertiary/aromatic N) is 1. The summed E-state index contributed by atoms with van der Waals surface area (Å²) in [4.78, 5) is 2.36. The molecule has 0 aromatic heterocycles.